The lowest BCUT2D eigenvalue weighted by atomic mass is 9.46. The fraction of sp³-hybridized carbons (Fsp3) is 0.714. The van der Waals surface area contributed by atoms with Crippen molar-refractivity contribution in [2.45, 2.75) is 65.7 Å². The number of aliphatic hydroxyl groups is 2. The Morgan fingerprint density at radius 2 is 1.80 bits per heavy atom. The summed E-state index contributed by atoms with van der Waals surface area (Å²) in [6.45, 7) is 5.81. The highest BCUT2D eigenvalue weighted by Crippen LogP contribution is 2.66. The Morgan fingerprint density at radius 1 is 1.08 bits per heavy atom. The van der Waals surface area contributed by atoms with Crippen LogP contribution in [0.5, 0.6) is 0 Å². The number of fused-ring (bicyclic) bond motifs is 5. The van der Waals surface area contributed by atoms with Crippen LogP contribution < -0.4 is 0 Å². The maximum Gasteiger partial charge on any atom is 0.165 e. The van der Waals surface area contributed by atoms with Gasteiger partial charge in [-0.2, -0.15) is 0 Å². The van der Waals surface area contributed by atoms with E-state index in [1.165, 1.54) is 6.92 Å². The lowest BCUT2D eigenvalue weighted by molar-refractivity contribution is -0.131. The summed E-state index contributed by atoms with van der Waals surface area (Å²) in [4.78, 5) is 24.1. The average molecular weight is 344 g/mol. The van der Waals surface area contributed by atoms with E-state index in [9.17, 15) is 19.8 Å². The predicted molar refractivity (Wildman–Crippen MR) is 94.0 cm³/mol. The molecule has 0 bridgehead atoms. The van der Waals surface area contributed by atoms with E-state index >= 15 is 0 Å². The summed E-state index contributed by atoms with van der Waals surface area (Å²) in [5.41, 5.74) is 0.877. The number of ketones is 2. The first-order valence-electron chi connectivity index (χ1n) is 9.60. The summed E-state index contributed by atoms with van der Waals surface area (Å²) in [6, 6.07) is 0. The van der Waals surface area contributed by atoms with Crippen LogP contribution in [0.2, 0.25) is 0 Å². The second-order valence-corrected chi connectivity index (χ2v) is 9.15. The molecule has 5 atom stereocenters. The van der Waals surface area contributed by atoms with E-state index < -0.39 is 5.41 Å². The largest absolute Gasteiger partial charge is 0.504 e. The van der Waals surface area contributed by atoms with Crippen molar-refractivity contribution in [3.63, 3.8) is 0 Å². The molecule has 0 radical (unpaired) electrons. The van der Waals surface area contributed by atoms with Crippen LogP contribution in [-0.4, -0.2) is 21.8 Å². The zero-order chi connectivity index (χ0) is 18.1. The van der Waals surface area contributed by atoms with Crippen LogP contribution in [0.15, 0.2) is 22.7 Å². The minimum Gasteiger partial charge on any atom is -0.504 e. The summed E-state index contributed by atoms with van der Waals surface area (Å²) < 4.78 is 0. The number of rotatable bonds is 1. The van der Waals surface area contributed by atoms with Gasteiger partial charge in [0.05, 0.1) is 5.57 Å². The Morgan fingerprint density at radius 3 is 2.48 bits per heavy atom. The molecule has 1 unspecified atom stereocenters. The van der Waals surface area contributed by atoms with Crippen LogP contribution >= 0.6 is 0 Å². The molecule has 0 aliphatic heterocycles. The normalized spacial score (nSPS) is 43.6. The molecule has 2 N–H and O–H groups in total. The third kappa shape index (κ3) is 2.06. The number of Topliss-reactive ketones (excluding diaryl/α,β-unsaturated/α-hetero) is 2. The van der Waals surface area contributed by atoms with Gasteiger partial charge in [-0.1, -0.05) is 13.8 Å². The highest BCUT2D eigenvalue weighted by atomic mass is 16.3. The fourth-order valence-corrected chi connectivity index (χ4v) is 6.81. The molecule has 4 rings (SSSR count). The molecule has 136 valence electrons. The van der Waals surface area contributed by atoms with E-state index in [1.807, 2.05) is 6.92 Å². The van der Waals surface area contributed by atoms with Gasteiger partial charge in [0.15, 0.2) is 17.3 Å². The van der Waals surface area contributed by atoms with Crippen LogP contribution in [0.1, 0.15) is 65.7 Å². The maximum absolute atomic E-state index is 12.2. The van der Waals surface area contributed by atoms with Gasteiger partial charge in [-0.15, -0.1) is 0 Å². The van der Waals surface area contributed by atoms with Crippen molar-refractivity contribution in [1.29, 1.82) is 0 Å². The van der Waals surface area contributed by atoms with E-state index in [-0.39, 0.29) is 28.6 Å². The van der Waals surface area contributed by atoms with Gasteiger partial charge in [-0.3, -0.25) is 9.59 Å². The van der Waals surface area contributed by atoms with Crippen LogP contribution in [0.25, 0.3) is 0 Å². The van der Waals surface area contributed by atoms with Crippen molar-refractivity contribution in [3.05, 3.63) is 22.7 Å². The molecule has 4 heteroatoms. The summed E-state index contributed by atoms with van der Waals surface area (Å²) in [7, 11) is 0. The van der Waals surface area contributed by atoms with Crippen molar-refractivity contribution in [2.75, 3.05) is 0 Å². The molecule has 0 spiro atoms. The van der Waals surface area contributed by atoms with E-state index in [4.69, 9.17) is 0 Å². The van der Waals surface area contributed by atoms with Gasteiger partial charge in [0.25, 0.3) is 0 Å². The molecular weight excluding hydrogens is 316 g/mol. The summed E-state index contributed by atoms with van der Waals surface area (Å²) in [5, 5.41) is 21.2. The highest BCUT2D eigenvalue weighted by molar-refractivity contribution is 5.97. The van der Waals surface area contributed by atoms with Crippen molar-refractivity contribution >= 4 is 11.6 Å². The molecule has 3 fully saturated rings. The second kappa shape index (κ2) is 5.21. The molecule has 0 amide bonds. The lowest BCUT2D eigenvalue weighted by Gasteiger charge is -2.58. The highest BCUT2D eigenvalue weighted by Gasteiger charge is 2.59. The lowest BCUT2D eigenvalue weighted by Crippen LogP contribution is -2.51. The Hall–Kier alpha value is -1.58. The van der Waals surface area contributed by atoms with Gasteiger partial charge in [-0.05, 0) is 67.8 Å². The second-order valence-electron chi connectivity index (χ2n) is 9.15. The number of allylic oxidation sites excluding steroid dienone is 2. The van der Waals surface area contributed by atoms with E-state index in [2.05, 4.69) is 6.92 Å². The first-order chi connectivity index (χ1) is 11.7. The summed E-state index contributed by atoms with van der Waals surface area (Å²) in [6.07, 6.45) is 6.00. The van der Waals surface area contributed by atoms with Crippen LogP contribution in [0, 0.1) is 28.6 Å². The molecule has 4 aliphatic carbocycles. The van der Waals surface area contributed by atoms with Gasteiger partial charge in [0.1, 0.15) is 5.78 Å². The molecule has 4 aliphatic rings. The maximum atomic E-state index is 12.2. The average Bonchev–Trinajstić information content (AvgIpc) is 2.74. The minimum atomic E-state index is -0.533. The molecule has 3 saturated carbocycles. The SMILES string of the molecule is CC(=O)C1=C(O)C(O)=C2[C@@H]3CCC4CC(=O)CC[C@]4(C)[C@H]3CC[C@]12C. The number of carbonyl (C=O) groups is 2. The zero-order valence-corrected chi connectivity index (χ0v) is 15.4. The third-order valence-electron chi connectivity index (χ3n) is 8.05. The number of hydrogen-bond donors (Lipinski definition) is 2. The Kier molecular flexibility index (Phi) is 3.52. The van der Waals surface area contributed by atoms with Crippen LogP contribution in [0.4, 0.5) is 0 Å². The van der Waals surface area contributed by atoms with Gasteiger partial charge >= 0.3 is 0 Å². The molecule has 0 heterocycles. The first kappa shape index (κ1) is 16.9. The fourth-order valence-electron chi connectivity index (χ4n) is 6.81. The van der Waals surface area contributed by atoms with Crippen LogP contribution in [-0.2, 0) is 9.59 Å². The van der Waals surface area contributed by atoms with Crippen molar-refractivity contribution in [2.24, 2.45) is 28.6 Å². The predicted octanol–water partition coefficient (Wildman–Crippen LogP) is 4.42. The molecule has 0 saturated heterocycles. The zero-order valence-electron chi connectivity index (χ0n) is 15.4. The van der Waals surface area contributed by atoms with Gasteiger partial charge in [0, 0.05) is 18.3 Å². The Bertz CT molecular complexity index is 730. The Labute approximate surface area is 149 Å². The summed E-state index contributed by atoms with van der Waals surface area (Å²) >= 11 is 0. The van der Waals surface area contributed by atoms with Crippen LogP contribution in [0.3, 0.4) is 0 Å². The molecule has 0 aromatic heterocycles. The van der Waals surface area contributed by atoms with Gasteiger partial charge in [-0.25, -0.2) is 0 Å². The standard InChI is InChI=1S/C21H28O4/c1-11(22)16-18(24)19(25)17-14-5-4-12-10-13(23)6-8-20(12,2)15(14)7-9-21(16,17)3/h12,14-15,24-25H,4-10H2,1-3H3/t12?,14-,15+,20+,21-/m1/s1. The molecule has 4 nitrogen and oxygen atoms in total. The first-order valence-corrected chi connectivity index (χ1v) is 9.60. The molecule has 0 aromatic carbocycles. The smallest absolute Gasteiger partial charge is 0.165 e. The molecule has 25 heavy (non-hydrogen) atoms. The minimum absolute atomic E-state index is 0.0451. The summed E-state index contributed by atoms with van der Waals surface area (Å²) in [5.74, 6) is 1.06. The van der Waals surface area contributed by atoms with Gasteiger partial charge in [0.2, 0.25) is 0 Å². The monoisotopic (exact) mass is 344 g/mol. The van der Waals surface area contributed by atoms with Crippen molar-refractivity contribution in [3.8, 4) is 0 Å². The molecular formula is C21H28O4. The van der Waals surface area contributed by atoms with Gasteiger partial charge < -0.3 is 10.2 Å². The number of aliphatic hydroxyl groups excluding tert-OH is 2. The van der Waals surface area contributed by atoms with E-state index in [1.54, 1.807) is 0 Å². The topological polar surface area (TPSA) is 74.6 Å². The van der Waals surface area contributed by atoms with E-state index in [0.717, 1.165) is 37.7 Å². The molecule has 0 aromatic rings. The van der Waals surface area contributed by atoms with Crippen molar-refractivity contribution in [1.82, 2.24) is 0 Å². The quantitative estimate of drug-likeness (QED) is 0.738. The van der Waals surface area contributed by atoms with E-state index in [0.29, 0.717) is 36.0 Å². The Balaban J connectivity index is 1.75. The van der Waals surface area contributed by atoms with Crippen molar-refractivity contribution < 1.29 is 19.8 Å². The number of hydrogen-bond acceptors (Lipinski definition) is 4. The number of carbonyl (C=O) groups excluding carboxylic acids is 2. The third-order valence-corrected chi connectivity index (χ3v) is 8.05.